The van der Waals surface area contributed by atoms with E-state index in [1.807, 2.05) is 0 Å². The van der Waals surface area contributed by atoms with Crippen molar-refractivity contribution in [1.82, 2.24) is 0 Å². The zero-order chi connectivity index (χ0) is 13.3. The molecule has 0 amide bonds. The van der Waals surface area contributed by atoms with Gasteiger partial charge in [-0.1, -0.05) is 64.8 Å². The van der Waals surface area contributed by atoms with Gasteiger partial charge in [-0.2, -0.15) is 0 Å². The maximum atomic E-state index is 2.39. The topological polar surface area (TPSA) is 0 Å². The SMILES string of the molecule is CC1=CC=C(C(CC(C)(C)C)C(C)(C)C)CC1. The van der Waals surface area contributed by atoms with Crippen molar-refractivity contribution in [2.45, 2.75) is 67.7 Å². The van der Waals surface area contributed by atoms with E-state index in [0.717, 1.165) is 0 Å². The fourth-order valence-corrected chi connectivity index (χ4v) is 2.65. The summed E-state index contributed by atoms with van der Waals surface area (Å²) in [6.45, 7) is 16.5. The normalized spacial score (nSPS) is 19.7. The molecule has 0 aromatic rings. The van der Waals surface area contributed by atoms with E-state index in [2.05, 4.69) is 60.6 Å². The van der Waals surface area contributed by atoms with Gasteiger partial charge in [-0.25, -0.2) is 0 Å². The lowest BCUT2D eigenvalue weighted by molar-refractivity contribution is 0.192. The molecule has 0 saturated carbocycles. The van der Waals surface area contributed by atoms with Crippen molar-refractivity contribution in [2.24, 2.45) is 16.7 Å². The van der Waals surface area contributed by atoms with Gasteiger partial charge in [0, 0.05) is 0 Å². The van der Waals surface area contributed by atoms with Gasteiger partial charge in [-0.3, -0.25) is 0 Å². The van der Waals surface area contributed by atoms with Gasteiger partial charge in [0.15, 0.2) is 0 Å². The van der Waals surface area contributed by atoms with Crippen LogP contribution >= 0.6 is 0 Å². The molecule has 0 saturated heterocycles. The van der Waals surface area contributed by atoms with Gasteiger partial charge in [0.1, 0.15) is 0 Å². The Balaban J connectivity index is 2.92. The Labute approximate surface area is 108 Å². The third-order valence-corrected chi connectivity index (χ3v) is 3.70. The van der Waals surface area contributed by atoms with E-state index in [1.165, 1.54) is 24.8 Å². The molecule has 0 N–H and O–H groups in total. The monoisotopic (exact) mass is 234 g/mol. The molecule has 0 aromatic carbocycles. The fourth-order valence-electron chi connectivity index (χ4n) is 2.65. The van der Waals surface area contributed by atoms with Crippen LogP contribution in [0.25, 0.3) is 0 Å². The van der Waals surface area contributed by atoms with Crippen molar-refractivity contribution in [1.29, 1.82) is 0 Å². The molecule has 1 atom stereocenters. The Morgan fingerprint density at radius 1 is 1.00 bits per heavy atom. The second kappa shape index (κ2) is 5.00. The molecule has 98 valence electrons. The average molecular weight is 234 g/mol. The average Bonchev–Trinajstić information content (AvgIpc) is 2.13. The minimum absolute atomic E-state index is 0.373. The van der Waals surface area contributed by atoms with Gasteiger partial charge >= 0.3 is 0 Å². The van der Waals surface area contributed by atoms with Crippen molar-refractivity contribution in [3.63, 3.8) is 0 Å². The van der Waals surface area contributed by atoms with E-state index in [0.29, 0.717) is 16.7 Å². The summed E-state index contributed by atoms with van der Waals surface area (Å²) in [5.74, 6) is 0.715. The first kappa shape index (κ1) is 14.5. The molecule has 1 rings (SSSR count). The minimum Gasteiger partial charge on any atom is -0.0730 e. The summed E-state index contributed by atoms with van der Waals surface area (Å²) in [6, 6.07) is 0. The largest absolute Gasteiger partial charge is 0.0730 e. The van der Waals surface area contributed by atoms with Crippen molar-refractivity contribution < 1.29 is 0 Å². The molecule has 1 aliphatic carbocycles. The molecule has 0 aliphatic heterocycles. The number of allylic oxidation sites excluding steroid dienone is 4. The maximum Gasteiger partial charge on any atom is -0.0146 e. The van der Waals surface area contributed by atoms with Crippen LogP contribution in [-0.4, -0.2) is 0 Å². The molecule has 0 heteroatoms. The highest BCUT2D eigenvalue weighted by atomic mass is 14.4. The minimum atomic E-state index is 0.373. The first-order valence-electron chi connectivity index (χ1n) is 6.96. The molecule has 17 heavy (non-hydrogen) atoms. The zero-order valence-corrected chi connectivity index (χ0v) is 12.9. The Kier molecular flexibility index (Phi) is 4.28. The summed E-state index contributed by atoms with van der Waals surface area (Å²) in [4.78, 5) is 0. The Morgan fingerprint density at radius 2 is 1.59 bits per heavy atom. The summed E-state index contributed by atoms with van der Waals surface area (Å²) in [7, 11) is 0. The highest BCUT2D eigenvalue weighted by Crippen LogP contribution is 2.43. The van der Waals surface area contributed by atoms with E-state index >= 15 is 0 Å². The molecule has 0 spiro atoms. The van der Waals surface area contributed by atoms with E-state index in [4.69, 9.17) is 0 Å². The molecular formula is C17H30. The second-order valence-corrected chi connectivity index (χ2v) is 7.94. The maximum absolute atomic E-state index is 2.39. The lowest BCUT2D eigenvalue weighted by Gasteiger charge is -2.38. The van der Waals surface area contributed by atoms with Gasteiger partial charge in [-0.15, -0.1) is 0 Å². The highest BCUT2D eigenvalue weighted by molar-refractivity contribution is 5.25. The van der Waals surface area contributed by atoms with Crippen LogP contribution in [0.1, 0.15) is 67.7 Å². The van der Waals surface area contributed by atoms with Crippen LogP contribution in [0.15, 0.2) is 23.3 Å². The van der Waals surface area contributed by atoms with Crippen LogP contribution in [-0.2, 0) is 0 Å². The van der Waals surface area contributed by atoms with Gasteiger partial charge < -0.3 is 0 Å². The standard InChI is InChI=1S/C17H30/c1-13-8-10-14(11-9-13)15(17(5,6)7)12-16(2,3)4/h8,10,15H,9,11-12H2,1-7H3. The van der Waals surface area contributed by atoms with Gasteiger partial charge in [-0.05, 0) is 42.9 Å². The predicted octanol–water partition coefficient (Wildman–Crippen LogP) is 5.75. The van der Waals surface area contributed by atoms with Crippen LogP contribution in [0.4, 0.5) is 0 Å². The summed E-state index contributed by atoms with van der Waals surface area (Å²) in [5, 5.41) is 0. The van der Waals surface area contributed by atoms with Crippen LogP contribution in [0.2, 0.25) is 0 Å². The Morgan fingerprint density at radius 3 is 1.94 bits per heavy atom. The van der Waals surface area contributed by atoms with Crippen molar-refractivity contribution in [3.05, 3.63) is 23.3 Å². The summed E-state index contributed by atoms with van der Waals surface area (Å²) in [5.41, 5.74) is 3.97. The van der Waals surface area contributed by atoms with Crippen LogP contribution < -0.4 is 0 Å². The molecule has 0 bridgehead atoms. The van der Waals surface area contributed by atoms with Crippen LogP contribution in [0.5, 0.6) is 0 Å². The first-order chi connectivity index (χ1) is 7.59. The number of rotatable bonds is 2. The van der Waals surface area contributed by atoms with Crippen LogP contribution in [0.3, 0.4) is 0 Å². The smallest absolute Gasteiger partial charge is 0.0146 e. The quantitative estimate of drug-likeness (QED) is 0.570. The number of hydrogen-bond acceptors (Lipinski definition) is 0. The Bertz CT molecular complexity index is 315. The molecule has 0 nitrogen and oxygen atoms in total. The fraction of sp³-hybridized carbons (Fsp3) is 0.765. The predicted molar refractivity (Wildman–Crippen MR) is 78.1 cm³/mol. The first-order valence-corrected chi connectivity index (χ1v) is 6.96. The molecule has 0 aromatic heterocycles. The van der Waals surface area contributed by atoms with Crippen LogP contribution in [0, 0.1) is 16.7 Å². The zero-order valence-electron chi connectivity index (χ0n) is 12.9. The second-order valence-electron chi connectivity index (χ2n) is 7.94. The van der Waals surface area contributed by atoms with Gasteiger partial charge in [0.25, 0.3) is 0 Å². The highest BCUT2D eigenvalue weighted by Gasteiger charge is 2.31. The molecular weight excluding hydrogens is 204 g/mol. The summed E-state index contributed by atoms with van der Waals surface area (Å²) >= 11 is 0. The van der Waals surface area contributed by atoms with E-state index < -0.39 is 0 Å². The summed E-state index contributed by atoms with van der Waals surface area (Å²) < 4.78 is 0. The van der Waals surface area contributed by atoms with Crippen molar-refractivity contribution >= 4 is 0 Å². The lowest BCUT2D eigenvalue weighted by Crippen LogP contribution is -2.27. The van der Waals surface area contributed by atoms with E-state index in [-0.39, 0.29) is 0 Å². The van der Waals surface area contributed by atoms with Gasteiger partial charge in [0.05, 0.1) is 0 Å². The third-order valence-electron chi connectivity index (χ3n) is 3.70. The lowest BCUT2D eigenvalue weighted by atomic mass is 9.67. The van der Waals surface area contributed by atoms with E-state index in [9.17, 15) is 0 Å². The number of hydrogen-bond donors (Lipinski definition) is 0. The molecule has 0 fully saturated rings. The van der Waals surface area contributed by atoms with Crippen molar-refractivity contribution in [2.75, 3.05) is 0 Å². The molecule has 0 heterocycles. The molecule has 0 radical (unpaired) electrons. The Hall–Kier alpha value is -0.520. The summed E-state index contributed by atoms with van der Waals surface area (Å²) in [6.07, 6.45) is 8.51. The third kappa shape index (κ3) is 4.69. The molecule has 1 aliphatic rings. The van der Waals surface area contributed by atoms with Crippen molar-refractivity contribution in [3.8, 4) is 0 Å². The van der Waals surface area contributed by atoms with E-state index in [1.54, 1.807) is 5.57 Å². The molecule has 1 unspecified atom stereocenters. The van der Waals surface area contributed by atoms with Gasteiger partial charge in [0.2, 0.25) is 0 Å².